The number of nitrogens with one attached hydrogen (secondary N) is 1. The molecule has 1 rings (SSSR count). The Morgan fingerprint density at radius 1 is 1.44 bits per heavy atom. The highest BCUT2D eigenvalue weighted by Gasteiger charge is 2.33. The van der Waals surface area contributed by atoms with Gasteiger partial charge in [0.1, 0.15) is 5.25 Å². The van der Waals surface area contributed by atoms with Crippen molar-refractivity contribution in [2.75, 3.05) is 0 Å². The van der Waals surface area contributed by atoms with Gasteiger partial charge in [0.25, 0.3) is 0 Å². The molecule has 0 amide bonds. The number of rotatable bonds is 5. The fourth-order valence-corrected chi connectivity index (χ4v) is 4.46. The average molecular weight is 293 g/mol. The van der Waals surface area contributed by atoms with E-state index in [2.05, 4.69) is 4.83 Å². The minimum atomic E-state index is -3.53. The van der Waals surface area contributed by atoms with Crippen molar-refractivity contribution in [2.24, 2.45) is 5.73 Å². The zero-order valence-corrected chi connectivity index (χ0v) is 12.9. The highest BCUT2D eigenvalue weighted by Crippen LogP contribution is 2.21. The molecule has 1 aliphatic heterocycles. The van der Waals surface area contributed by atoms with Crippen molar-refractivity contribution in [3.8, 4) is 0 Å². The van der Waals surface area contributed by atoms with Crippen LogP contribution in [0, 0.1) is 0 Å². The Morgan fingerprint density at radius 3 is 2.33 bits per heavy atom. The second kappa shape index (κ2) is 6.27. The van der Waals surface area contributed by atoms with Crippen molar-refractivity contribution < 1.29 is 8.42 Å². The second-order valence-electron chi connectivity index (χ2n) is 4.97. The summed E-state index contributed by atoms with van der Waals surface area (Å²) in [7, 11) is -3.53. The molecule has 3 unspecified atom stereocenters. The highest BCUT2D eigenvalue weighted by atomic mass is 32.2. The van der Waals surface area contributed by atoms with Crippen molar-refractivity contribution in [3.63, 3.8) is 0 Å². The van der Waals surface area contributed by atoms with E-state index in [0.717, 1.165) is 19.3 Å². The van der Waals surface area contributed by atoms with E-state index < -0.39 is 15.3 Å². The van der Waals surface area contributed by atoms with E-state index in [-0.39, 0.29) is 17.1 Å². The van der Waals surface area contributed by atoms with Crippen LogP contribution in [0.25, 0.3) is 0 Å². The van der Waals surface area contributed by atoms with Gasteiger partial charge in [0.2, 0.25) is 10.0 Å². The van der Waals surface area contributed by atoms with Gasteiger partial charge >= 0.3 is 0 Å². The van der Waals surface area contributed by atoms with Crippen LogP contribution in [0.1, 0.15) is 46.5 Å². The third-order valence-electron chi connectivity index (χ3n) is 3.49. The number of hydrazine groups is 1. The monoisotopic (exact) mass is 293 g/mol. The van der Waals surface area contributed by atoms with Crippen LogP contribution in [0.3, 0.4) is 0 Å². The van der Waals surface area contributed by atoms with E-state index >= 15 is 0 Å². The lowest BCUT2D eigenvalue weighted by molar-refractivity contribution is 0.0788. The molecule has 0 spiro atoms. The SMILES string of the molecule is CCC(C(N)=S)S(=O)(=O)NN1C(C)CCCC1C. The van der Waals surface area contributed by atoms with Crippen LogP contribution >= 0.6 is 12.2 Å². The maximum absolute atomic E-state index is 12.2. The Morgan fingerprint density at radius 2 is 1.94 bits per heavy atom. The molecule has 0 aromatic heterocycles. The Hall–Kier alpha value is -0.240. The molecular formula is C11H23N3O2S2. The summed E-state index contributed by atoms with van der Waals surface area (Å²) in [6, 6.07) is 0.403. The smallest absolute Gasteiger partial charge is 0.233 e. The van der Waals surface area contributed by atoms with Gasteiger partial charge in [-0.25, -0.2) is 13.4 Å². The van der Waals surface area contributed by atoms with Crippen LogP contribution in [0.2, 0.25) is 0 Å². The molecule has 0 aromatic carbocycles. The summed E-state index contributed by atoms with van der Waals surface area (Å²) in [6.45, 7) is 5.83. The third-order valence-corrected chi connectivity index (χ3v) is 5.72. The molecule has 1 heterocycles. The van der Waals surface area contributed by atoms with E-state index in [1.807, 2.05) is 18.9 Å². The zero-order chi connectivity index (χ0) is 13.9. The third kappa shape index (κ3) is 3.63. The largest absolute Gasteiger partial charge is 0.392 e. The molecule has 0 bridgehead atoms. The first-order valence-electron chi connectivity index (χ1n) is 6.38. The van der Waals surface area contributed by atoms with Gasteiger partial charge in [-0.2, -0.15) is 0 Å². The molecule has 0 saturated carbocycles. The molecule has 1 aliphatic rings. The van der Waals surface area contributed by atoms with Gasteiger partial charge < -0.3 is 5.73 Å². The first kappa shape index (κ1) is 15.8. The van der Waals surface area contributed by atoms with Crippen molar-refractivity contribution in [1.82, 2.24) is 9.84 Å². The van der Waals surface area contributed by atoms with Gasteiger partial charge in [-0.3, -0.25) is 0 Å². The maximum Gasteiger partial charge on any atom is 0.233 e. The normalized spacial score (nSPS) is 27.9. The van der Waals surface area contributed by atoms with Crippen LogP contribution in [0.15, 0.2) is 0 Å². The van der Waals surface area contributed by atoms with Crippen LogP contribution in [-0.2, 0) is 10.0 Å². The van der Waals surface area contributed by atoms with Gasteiger partial charge in [0.15, 0.2) is 0 Å². The lowest BCUT2D eigenvalue weighted by atomic mass is 10.0. The summed E-state index contributed by atoms with van der Waals surface area (Å²) < 4.78 is 24.5. The molecular weight excluding hydrogens is 270 g/mol. The molecule has 5 nitrogen and oxygen atoms in total. The minimum absolute atomic E-state index is 0.0299. The number of nitrogens with two attached hydrogens (primary N) is 1. The van der Waals surface area contributed by atoms with E-state index in [1.54, 1.807) is 6.92 Å². The lowest BCUT2D eigenvalue weighted by Gasteiger charge is -2.39. The Balaban J connectivity index is 2.84. The molecule has 106 valence electrons. The van der Waals surface area contributed by atoms with E-state index in [0.29, 0.717) is 6.42 Å². The molecule has 0 aliphatic carbocycles. The van der Waals surface area contributed by atoms with Gasteiger partial charge in [0, 0.05) is 12.1 Å². The van der Waals surface area contributed by atoms with Crippen LogP contribution < -0.4 is 10.6 Å². The van der Waals surface area contributed by atoms with Crippen LogP contribution in [-0.4, -0.2) is 35.7 Å². The van der Waals surface area contributed by atoms with E-state index in [9.17, 15) is 8.42 Å². The van der Waals surface area contributed by atoms with Gasteiger partial charge in [-0.05, 0) is 33.1 Å². The lowest BCUT2D eigenvalue weighted by Crippen LogP contribution is -2.57. The number of sulfonamides is 1. The minimum Gasteiger partial charge on any atom is -0.392 e. The molecule has 18 heavy (non-hydrogen) atoms. The van der Waals surface area contributed by atoms with Gasteiger partial charge in [0.05, 0.1) is 4.99 Å². The highest BCUT2D eigenvalue weighted by molar-refractivity contribution is 7.93. The molecule has 1 fully saturated rings. The van der Waals surface area contributed by atoms with Crippen LogP contribution in [0.4, 0.5) is 0 Å². The first-order chi connectivity index (χ1) is 8.29. The zero-order valence-electron chi connectivity index (χ0n) is 11.2. The Bertz CT molecular complexity index is 387. The Kier molecular flexibility index (Phi) is 5.51. The number of thiocarbonyl (C=S) groups is 1. The van der Waals surface area contributed by atoms with Gasteiger partial charge in [-0.15, -0.1) is 4.83 Å². The number of nitrogens with zero attached hydrogens (tertiary/aromatic N) is 1. The van der Waals surface area contributed by atoms with Gasteiger partial charge in [-0.1, -0.05) is 25.6 Å². The standard InChI is InChI=1S/C11H23N3O2S2/c1-4-10(11(12)17)18(15,16)13-14-8(2)6-5-7-9(14)3/h8-10,13H,4-7H2,1-3H3,(H2,12,17). The number of piperidine rings is 1. The summed E-state index contributed by atoms with van der Waals surface area (Å²) in [5, 5.41) is 1.02. The van der Waals surface area contributed by atoms with E-state index in [4.69, 9.17) is 18.0 Å². The van der Waals surface area contributed by atoms with Crippen molar-refractivity contribution >= 4 is 27.2 Å². The van der Waals surface area contributed by atoms with Crippen molar-refractivity contribution in [3.05, 3.63) is 0 Å². The summed E-state index contributed by atoms with van der Waals surface area (Å²) >= 11 is 4.83. The average Bonchev–Trinajstić information content (AvgIpc) is 2.23. The predicted octanol–water partition coefficient (Wildman–Crippen LogP) is 1.15. The first-order valence-corrected chi connectivity index (χ1v) is 8.34. The molecule has 1 saturated heterocycles. The van der Waals surface area contributed by atoms with E-state index in [1.165, 1.54) is 0 Å². The fraction of sp³-hybridized carbons (Fsp3) is 0.909. The van der Waals surface area contributed by atoms with Crippen LogP contribution in [0.5, 0.6) is 0 Å². The fourth-order valence-electron chi connectivity index (χ4n) is 2.39. The molecule has 0 aromatic rings. The molecule has 3 atom stereocenters. The number of hydrogen-bond acceptors (Lipinski definition) is 4. The summed E-state index contributed by atoms with van der Waals surface area (Å²) in [5.74, 6) is 0. The molecule has 3 N–H and O–H groups in total. The topological polar surface area (TPSA) is 75.4 Å². The summed E-state index contributed by atoms with van der Waals surface area (Å²) in [5.41, 5.74) is 5.50. The quantitative estimate of drug-likeness (QED) is 0.744. The molecule has 7 heteroatoms. The summed E-state index contributed by atoms with van der Waals surface area (Å²) in [6.07, 6.45) is 3.52. The maximum atomic E-state index is 12.2. The summed E-state index contributed by atoms with van der Waals surface area (Å²) in [4.78, 5) is 2.70. The van der Waals surface area contributed by atoms with Crippen molar-refractivity contribution in [2.45, 2.75) is 63.8 Å². The Labute approximate surface area is 115 Å². The predicted molar refractivity (Wildman–Crippen MR) is 77.5 cm³/mol. The second-order valence-corrected chi connectivity index (χ2v) is 7.28. The van der Waals surface area contributed by atoms with Crippen molar-refractivity contribution in [1.29, 1.82) is 0 Å². The molecule has 0 radical (unpaired) electrons. The number of hydrogen-bond donors (Lipinski definition) is 2.